The summed E-state index contributed by atoms with van der Waals surface area (Å²) in [5.74, 6) is 0.825. The van der Waals surface area contributed by atoms with Crippen molar-refractivity contribution >= 4 is 23.8 Å². The molecule has 0 spiro atoms. The fourth-order valence-electron chi connectivity index (χ4n) is 3.87. The maximum atomic E-state index is 6.32. The molecule has 2 aromatic rings. The molecule has 0 amide bonds. The molecular weight excluding hydrogens is 390 g/mol. The predicted molar refractivity (Wildman–Crippen MR) is 120 cm³/mol. The number of aromatic amines is 1. The van der Waals surface area contributed by atoms with E-state index in [1.54, 1.807) is 13.4 Å². The minimum Gasteiger partial charge on any atom is -0.496 e. The number of hydrogen-bond donors (Lipinski definition) is 1. The average Bonchev–Trinajstić information content (AvgIpc) is 3.13. The highest BCUT2D eigenvalue weighted by Gasteiger charge is 2.32. The van der Waals surface area contributed by atoms with Crippen molar-refractivity contribution in [1.82, 2.24) is 14.8 Å². The van der Waals surface area contributed by atoms with Crippen LogP contribution in [-0.4, -0.2) is 21.9 Å². The van der Waals surface area contributed by atoms with Crippen LogP contribution >= 0.6 is 23.8 Å². The van der Waals surface area contributed by atoms with Gasteiger partial charge in [0, 0.05) is 10.6 Å². The summed E-state index contributed by atoms with van der Waals surface area (Å²) in [6.07, 6.45) is 14.4. The molecule has 4 nitrogen and oxygen atoms in total. The van der Waals surface area contributed by atoms with Crippen LogP contribution in [0, 0.1) is 4.77 Å². The number of rotatable bonds is 13. The van der Waals surface area contributed by atoms with E-state index in [4.69, 9.17) is 28.6 Å². The van der Waals surface area contributed by atoms with Crippen molar-refractivity contribution < 1.29 is 4.74 Å². The summed E-state index contributed by atoms with van der Waals surface area (Å²) < 4.78 is 8.28. The van der Waals surface area contributed by atoms with E-state index in [1.165, 1.54) is 51.4 Å². The lowest BCUT2D eigenvalue weighted by Gasteiger charge is -2.33. The van der Waals surface area contributed by atoms with Crippen molar-refractivity contribution in [3.63, 3.8) is 0 Å². The van der Waals surface area contributed by atoms with E-state index in [9.17, 15) is 0 Å². The Morgan fingerprint density at radius 1 is 1.11 bits per heavy atom. The minimum absolute atomic E-state index is 0.360. The third kappa shape index (κ3) is 6.08. The Kier molecular flexibility index (Phi) is 9.52. The monoisotopic (exact) mass is 423 g/mol. The van der Waals surface area contributed by atoms with Crippen molar-refractivity contribution in [2.45, 2.75) is 83.6 Å². The fraction of sp³-hybridized carbons (Fsp3) is 0.636. The molecule has 1 unspecified atom stereocenters. The molecule has 0 radical (unpaired) electrons. The Morgan fingerprint density at radius 2 is 1.75 bits per heavy atom. The lowest BCUT2D eigenvalue weighted by molar-refractivity contribution is 0.319. The van der Waals surface area contributed by atoms with Crippen molar-refractivity contribution in [3.05, 3.63) is 39.9 Å². The van der Waals surface area contributed by atoms with Gasteiger partial charge in [0.05, 0.1) is 12.6 Å². The number of aromatic nitrogens is 3. The SMILES string of the molecule is CCCCCCCCCCCC(C)(c1cc(Cl)ccc1OC)n1cn[nH]c1=S. The summed E-state index contributed by atoms with van der Waals surface area (Å²) in [5, 5.41) is 7.73. The van der Waals surface area contributed by atoms with E-state index in [2.05, 4.69) is 24.0 Å². The number of ether oxygens (including phenoxy) is 1. The smallest absolute Gasteiger partial charge is 0.195 e. The minimum atomic E-state index is -0.360. The molecule has 0 aliphatic carbocycles. The summed E-state index contributed by atoms with van der Waals surface area (Å²) >= 11 is 11.8. The Hall–Kier alpha value is -1.33. The Morgan fingerprint density at radius 3 is 2.32 bits per heavy atom. The normalized spacial score (nSPS) is 13.4. The van der Waals surface area contributed by atoms with E-state index < -0.39 is 0 Å². The number of unbranched alkanes of at least 4 members (excludes halogenated alkanes) is 8. The summed E-state index contributed by atoms with van der Waals surface area (Å²) in [7, 11) is 1.69. The standard InChI is InChI=1S/C22H34ClN3OS/c1-4-5-6-7-8-9-10-11-12-15-22(2,26-17-24-25-21(26)28)19-16-18(23)13-14-20(19)27-3/h13-14,16-17H,4-12,15H2,1-3H3,(H,25,28). The first-order chi connectivity index (χ1) is 13.5. The lowest BCUT2D eigenvalue weighted by Crippen LogP contribution is -2.32. The van der Waals surface area contributed by atoms with Crippen LogP contribution in [0.2, 0.25) is 5.02 Å². The van der Waals surface area contributed by atoms with Crippen molar-refractivity contribution in [2.24, 2.45) is 0 Å². The van der Waals surface area contributed by atoms with Crippen molar-refractivity contribution in [3.8, 4) is 5.75 Å². The van der Waals surface area contributed by atoms with Crippen LogP contribution in [0.1, 0.15) is 83.6 Å². The highest BCUT2D eigenvalue weighted by Crippen LogP contribution is 2.39. The number of nitrogens with zero attached hydrogens (tertiary/aromatic N) is 2. The molecule has 1 N–H and O–H groups in total. The van der Waals surface area contributed by atoms with Gasteiger partial charge in [-0.25, -0.2) is 0 Å². The molecule has 28 heavy (non-hydrogen) atoms. The third-order valence-electron chi connectivity index (χ3n) is 5.59. The topological polar surface area (TPSA) is 42.8 Å². The molecule has 2 rings (SSSR count). The number of nitrogens with one attached hydrogen (secondary N) is 1. The second kappa shape index (κ2) is 11.6. The predicted octanol–water partition coefficient (Wildman–Crippen LogP) is 7.29. The van der Waals surface area contributed by atoms with Gasteiger partial charge in [0.25, 0.3) is 0 Å². The first-order valence-corrected chi connectivity index (χ1v) is 11.3. The molecule has 1 atom stereocenters. The molecule has 1 aromatic carbocycles. The molecule has 0 bridgehead atoms. The van der Waals surface area contributed by atoms with Gasteiger partial charge in [-0.3, -0.25) is 9.67 Å². The van der Waals surface area contributed by atoms with Crippen LogP contribution < -0.4 is 4.74 Å². The Bertz CT molecular complexity index is 773. The lowest BCUT2D eigenvalue weighted by atomic mass is 9.85. The number of halogens is 1. The second-order valence-electron chi connectivity index (χ2n) is 7.73. The number of benzene rings is 1. The van der Waals surface area contributed by atoms with Gasteiger partial charge in [-0.05, 0) is 43.8 Å². The van der Waals surface area contributed by atoms with Crippen LogP contribution in [0.3, 0.4) is 0 Å². The average molecular weight is 424 g/mol. The van der Waals surface area contributed by atoms with Crippen LogP contribution in [-0.2, 0) is 5.54 Å². The molecule has 0 aliphatic rings. The van der Waals surface area contributed by atoms with Gasteiger partial charge in [-0.15, -0.1) is 0 Å². The van der Waals surface area contributed by atoms with E-state index >= 15 is 0 Å². The Balaban J connectivity index is 2.05. The molecule has 1 heterocycles. The highest BCUT2D eigenvalue weighted by molar-refractivity contribution is 7.71. The molecule has 1 aromatic heterocycles. The maximum absolute atomic E-state index is 6.32. The fourth-order valence-corrected chi connectivity index (χ4v) is 4.34. The van der Waals surface area contributed by atoms with Crippen LogP contribution in [0.5, 0.6) is 5.75 Å². The van der Waals surface area contributed by atoms with E-state index in [-0.39, 0.29) is 5.54 Å². The Labute approximate surface area is 179 Å². The van der Waals surface area contributed by atoms with Gasteiger partial charge in [0.15, 0.2) is 4.77 Å². The van der Waals surface area contributed by atoms with Crippen LogP contribution in [0.25, 0.3) is 0 Å². The van der Waals surface area contributed by atoms with Gasteiger partial charge in [0.1, 0.15) is 12.1 Å². The maximum Gasteiger partial charge on any atom is 0.195 e. The molecule has 0 aliphatic heterocycles. The second-order valence-corrected chi connectivity index (χ2v) is 8.55. The van der Waals surface area contributed by atoms with Gasteiger partial charge < -0.3 is 4.74 Å². The zero-order chi connectivity index (χ0) is 20.4. The summed E-state index contributed by atoms with van der Waals surface area (Å²) in [6, 6.07) is 5.77. The molecule has 0 fully saturated rings. The van der Waals surface area contributed by atoms with Gasteiger partial charge in [-0.1, -0.05) is 76.3 Å². The zero-order valence-corrected chi connectivity index (χ0v) is 19.0. The number of hydrogen-bond acceptors (Lipinski definition) is 3. The largest absolute Gasteiger partial charge is 0.496 e. The number of H-pyrrole nitrogens is 1. The molecule has 6 heteroatoms. The van der Waals surface area contributed by atoms with Gasteiger partial charge in [-0.2, -0.15) is 5.10 Å². The van der Waals surface area contributed by atoms with E-state index in [1.807, 2.05) is 22.8 Å². The van der Waals surface area contributed by atoms with Crippen molar-refractivity contribution in [1.29, 1.82) is 0 Å². The molecule has 156 valence electrons. The number of methoxy groups -OCH3 is 1. The summed E-state index contributed by atoms with van der Waals surface area (Å²) in [4.78, 5) is 0. The molecule has 0 saturated carbocycles. The first-order valence-electron chi connectivity index (χ1n) is 10.5. The summed E-state index contributed by atoms with van der Waals surface area (Å²) in [6.45, 7) is 4.45. The van der Waals surface area contributed by atoms with Crippen LogP contribution in [0.4, 0.5) is 0 Å². The highest BCUT2D eigenvalue weighted by atomic mass is 35.5. The van der Waals surface area contributed by atoms with Gasteiger partial charge >= 0.3 is 0 Å². The third-order valence-corrected chi connectivity index (χ3v) is 6.12. The van der Waals surface area contributed by atoms with Gasteiger partial charge in [0.2, 0.25) is 0 Å². The molecular formula is C22H34ClN3OS. The van der Waals surface area contributed by atoms with E-state index in [0.29, 0.717) is 9.79 Å². The van der Waals surface area contributed by atoms with Crippen molar-refractivity contribution in [2.75, 3.05) is 7.11 Å². The zero-order valence-electron chi connectivity index (χ0n) is 17.5. The van der Waals surface area contributed by atoms with Crippen LogP contribution in [0.15, 0.2) is 24.5 Å². The van der Waals surface area contributed by atoms with E-state index in [0.717, 1.165) is 24.2 Å². The summed E-state index contributed by atoms with van der Waals surface area (Å²) in [5.41, 5.74) is 0.682. The first kappa shape index (κ1) is 23.0. The molecule has 0 saturated heterocycles. The quantitative estimate of drug-likeness (QED) is 0.271.